The molecule has 13 heavy (non-hydrogen) atoms. The average Bonchev–Trinajstić information content (AvgIpc) is 2.18. The molecule has 1 N–H and O–H groups in total. The van der Waals surface area contributed by atoms with E-state index in [0.717, 1.165) is 12.8 Å². The Morgan fingerprint density at radius 2 is 1.62 bits per heavy atom. The molecule has 1 aromatic carbocycles. The SMILES string of the molecule is CCc1cc(NC)cc(CC)c1I. The standard InChI is InChI=1S/C11H16IN/c1-4-8-6-10(13-3)7-9(5-2)11(8)12/h6-7,13H,4-5H2,1-3H3. The van der Waals surface area contributed by atoms with Gasteiger partial charge in [-0.25, -0.2) is 0 Å². The first-order valence-electron chi connectivity index (χ1n) is 4.72. The highest BCUT2D eigenvalue weighted by atomic mass is 127. The summed E-state index contributed by atoms with van der Waals surface area (Å²) in [4.78, 5) is 0. The van der Waals surface area contributed by atoms with Crippen molar-refractivity contribution in [2.24, 2.45) is 0 Å². The Morgan fingerprint density at radius 3 is 1.92 bits per heavy atom. The molecule has 0 aromatic heterocycles. The first kappa shape index (κ1) is 10.8. The lowest BCUT2D eigenvalue weighted by molar-refractivity contribution is 1.07. The number of aryl methyl sites for hydroxylation is 2. The molecule has 1 aromatic rings. The molecule has 0 bridgehead atoms. The zero-order valence-electron chi connectivity index (χ0n) is 8.45. The molecule has 0 atom stereocenters. The second-order valence-corrected chi connectivity index (χ2v) is 4.14. The Labute approximate surface area is 94.1 Å². The summed E-state index contributed by atoms with van der Waals surface area (Å²) in [6, 6.07) is 4.47. The summed E-state index contributed by atoms with van der Waals surface area (Å²) in [5.74, 6) is 0. The van der Waals surface area contributed by atoms with Crippen LogP contribution in [0.5, 0.6) is 0 Å². The number of halogens is 1. The fourth-order valence-electron chi connectivity index (χ4n) is 1.41. The van der Waals surface area contributed by atoms with Crippen LogP contribution in [0.1, 0.15) is 25.0 Å². The first-order chi connectivity index (χ1) is 6.22. The van der Waals surface area contributed by atoms with Crippen LogP contribution in [-0.2, 0) is 12.8 Å². The van der Waals surface area contributed by atoms with Crippen LogP contribution in [0.15, 0.2) is 12.1 Å². The predicted molar refractivity (Wildman–Crippen MR) is 67.5 cm³/mol. The molecule has 0 saturated heterocycles. The molecule has 2 heteroatoms. The quantitative estimate of drug-likeness (QED) is 0.840. The molecular formula is C11H16IN. The van der Waals surface area contributed by atoms with Crippen LogP contribution >= 0.6 is 22.6 Å². The number of benzene rings is 1. The van der Waals surface area contributed by atoms with Crippen LogP contribution in [0.25, 0.3) is 0 Å². The zero-order chi connectivity index (χ0) is 9.84. The Balaban J connectivity index is 3.20. The van der Waals surface area contributed by atoms with Crippen LogP contribution in [0.3, 0.4) is 0 Å². The third-order valence-corrected chi connectivity index (χ3v) is 3.66. The molecule has 0 spiro atoms. The summed E-state index contributed by atoms with van der Waals surface area (Å²) in [6.45, 7) is 4.41. The third kappa shape index (κ3) is 2.36. The Bertz CT molecular complexity index is 269. The molecule has 0 fully saturated rings. The van der Waals surface area contributed by atoms with E-state index in [4.69, 9.17) is 0 Å². The summed E-state index contributed by atoms with van der Waals surface area (Å²) < 4.78 is 1.43. The van der Waals surface area contributed by atoms with Gasteiger partial charge in [-0.15, -0.1) is 0 Å². The molecule has 1 rings (SSSR count). The van der Waals surface area contributed by atoms with Crippen LogP contribution in [0.2, 0.25) is 0 Å². The van der Waals surface area contributed by atoms with Gasteiger partial charge in [0.05, 0.1) is 0 Å². The van der Waals surface area contributed by atoms with Crippen LogP contribution in [0.4, 0.5) is 5.69 Å². The molecule has 0 radical (unpaired) electrons. The number of hydrogen-bond donors (Lipinski definition) is 1. The van der Waals surface area contributed by atoms with Crippen LogP contribution < -0.4 is 5.32 Å². The summed E-state index contributed by atoms with van der Waals surface area (Å²) >= 11 is 2.45. The maximum absolute atomic E-state index is 3.20. The van der Waals surface area contributed by atoms with E-state index in [2.05, 4.69) is 53.9 Å². The van der Waals surface area contributed by atoms with Crippen LogP contribution in [0, 0.1) is 3.57 Å². The number of rotatable bonds is 3. The van der Waals surface area contributed by atoms with Gasteiger partial charge in [0.15, 0.2) is 0 Å². The normalized spacial score (nSPS) is 10.2. The van der Waals surface area contributed by atoms with E-state index < -0.39 is 0 Å². The van der Waals surface area contributed by atoms with Gasteiger partial charge in [0.1, 0.15) is 0 Å². The van der Waals surface area contributed by atoms with Crippen LogP contribution in [-0.4, -0.2) is 7.05 Å². The molecule has 0 heterocycles. The van der Waals surface area contributed by atoms with E-state index in [1.165, 1.54) is 20.4 Å². The van der Waals surface area contributed by atoms with Gasteiger partial charge in [-0.1, -0.05) is 13.8 Å². The van der Waals surface area contributed by atoms with Gasteiger partial charge in [0, 0.05) is 16.3 Å². The summed E-state index contributed by atoms with van der Waals surface area (Å²) in [5, 5.41) is 3.20. The van der Waals surface area contributed by atoms with E-state index in [-0.39, 0.29) is 0 Å². The molecule has 0 amide bonds. The van der Waals surface area contributed by atoms with E-state index in [1.54, 1.807) is 0 Å². The monoisotopic (exact) mass is 289 g/mol. The van der Waals surface area contributed by atoms with Crippen molar-refractivity contribution in [3.8, 4) is 0 Å². The number of nitrogens with one attached hydrogen (secondary N) is 1. The maximum Gasteiger partial charge on any atom is 0.0343 e. The van der Waals surface area contributed by atoms with Gasteiger partial charge in [0.25, 0.3) is 0 Å². The van der Waals surface area contributed by atoms with Gasteiger partial charge in [-0.2, -0.15) is 0 Å². The fourth-order valence-corrected chi connectivity index (χ4v) is 2.48. The van der Waals surface area contributed by atoms with Crippen molar-refractivity contribution in [2.45, 2.75) is 26.7 Å². The third-order valence-electron chi connectivity index (χ3n) is 2.27. The second kappa shape index (κ2) is 4.84. The molecule has 1 nitrogen and oxygen atoms in total. The Hall–Kier alpha value is -0.250. The lowest BCUT2D eigenvalue weighted by Gasteiger charge is -2.10. The maximum atomic E-state index is 3.20. The summed E-state index contributed by atoms with van der Waals surface area (Å²) in [5.41, 5.74) is 4.13. The van der Waals surface area contributed by atoms with Gasteiger partial charge < -0.3 is 5.32 Å². The minimum atomic E-state index is 1.11. The van der Waals surface area contributed by atoms with Gasteiger partial charge in [-0.3, -0.25) is 0 Å². The Kier molecular flexibility index (Phi) is 4.03. The molecule has 0 saturated carbocycles. The zero-order valence-corrected chi connectivity index (χ0v) is 10.6. The molecular weight excluding hydrogens is 273 g/mol. The minimum Gasteiger partial charge on any atom is -0.388 e. The summed E-state index contributed by atoms with van der Waals surface area (Å²) in [7, 11) is 1.97. The number of hydrogen-bond acceptors (Lipinski definition) is 1. The van der Waals surface area contributed by atoms with Gasteiger partial charge in [-0.05, 0) is 58.7 Å². The van der Waals surface area contributed by atoms with Crippen molar-refractivity contribution < 1.29 is 0 Å². The second-order valence-electron chi connectivity index (χ2n) is 3.07. The summed E-state index contributed by atoms with van der Waals surface area (Å²) in [6.07, 6.45) is 2.22. The van der Waals surface area contributed by atoms with Crippen molar-refractivity contribution in [3.05, 3.63) is 26.8 Å². The average molecular weight is 289 g/mol. The molecule has 0 aliphatic carbocycles. The van der Waals surface area contributed by atoms with Crippen molar-refractivity contribution in [2.75, 3.05) is 12.4 Å². The van der Waals surface area contributed by atoms with Gasteiger partial charge in [0.2, 0.25) is 0 Å². The molecule has 0 aliphatic heterocycles. The number of anilines is 1. The first-order valence-corrected chi connectivity index (χ1v) is 5.79. The van der Waals surface area contributed by atoms with E-state index in [1.807, 2.05) is 7.05 Å². The van der Waals surface area contributed by atoms with Crippen molar-refractivity contribution >= 4 is 28.3 Å². The minimum absolute atomic E-state index is 1.11. The highest BCUT2D eigenvalue weighted by molar-refractivity contribution is 14.1. The van der Waals surface area contributed by atoms with Crippen molar-refractivity contribution in [3.63, 3.8) is 0 Å². The lowest BCUT2D eigenvalue weighted by Crippen LogP contribution is -1.97. The smallest absolute Gasteiger partial charge is 0.0343 e. The molecule has 0 unspecified atom stereocenters. The predicted octanol–water partition coefficient (Wildman–Crippen LogP) is 3.46. The highest BCUT2D eigenvalue weighted by Crippen LogP contribution is 2.23. The largest absolute Gasteiger partial charge is 0.388 e. The van der Waals surface area contributed by atoms with E-state index >= 15 is 0 Å². The van der Waals surface area contributed by atoms with Crippen molar-refractivity contribution in [1.29, 1.82) is 0 Å². The Morgan fingerprint density at radius 1 is 1.15 bits per heavy atom. The fraction of sp³-hybridized carbons (Fsp3) is 0.455. The molecule has 0 aliphatic rings. The van der Waals surface area contributed by atoms with E-state index in [9.17, 15) is 0 Å². The van der Waals surface area contributed by atoms with Gasteiger partial charge >= 0.3 is 0 Å². The highest BCUT2D eigenvalue weighted by Gasteiger charge is 2.04. The molecule has 72 valence electrons. The lowest BCUT2D eigenvalue weighted by atomic mass is 10.1. The topological polar surface area (TPSA) is 12.0 Å². The van der Waals surface area contributed by atoms with E-state index in [0.29, 0.717) is 0 Å². The van der Waals surface area contributed by atoms with Crippen molar-refractivity contribution in [1.82, 2.24) is 0 Å².